The van der Waals surface area contributed by atoms with E-state index in [1.54, 1.807) is 0 Å². The van der Waals surface area contributed by atoms with Gasteiger partial charge in [-0.25, -0.2) is 14.6 Å². The number of hydrogen-bond acceptors (Lipinski definition) is 8. The number of pyridine rings is 1. The Balaban J connectivity index is 0.000000333. The van der Waals surface area contributed by atoms with Gasteiger partial charge in [0.05, 0.1) is 10.2 Å². The number of aliphatic carboxylic acids is 2. The molecule has 0 atom stereocenters. The van der Waals surface area contributed by atoms with Crippen LogP contribution in [0.25, 0.3) is 10.2 Å². The number of anilines is 2. The number of aryl methyl sites for hydroxylation is 1. The number of nitrogens with two attached hydrogens (primary N) is 1. The number of benzene rings is 1. The van der Waals surface area contributed by atoms with Gasteiger partial charge < -0.3 is 25.7 Å². The summed E-state index contributed by atoms with van der Waals surface area (Å²) in [5.74, 6) is -5.45. The van der Waals surface area contributed by atoms with Crippen molar-refractivity contribution in [2.24, 2.45) is 0 Å². The smallest absolute Gasteiger partial charge is 0.475 e. The maximum Gasteiger partial charge on any atom is 0.490 e. The van der Waals surface area contributed by atoms with Gasteiger partial charge in [0, 0.05) is 49.3 Å². The molecule has 3 aromatic rings. The quantitative estimate of drug-likeness (QED) is 0.371. The zero-order valence-electron chi connectivity index (χ0n) is 20.7. The second kappa shape index (κ2) is 13.3. The van der Waals surface area contributed by atoms with Crippen LogP contribution in [0, 0.1) is 6.92 Å². The predicted molar refractivity (Wildman–Crippen MR) is 133 cm³/mol. The number of aromatic nitrogens is 2. The SMILES string of the molecule is Cc1cc(N2CCCN(C(=O)c3ccc4sc(N)nc4c3)CC2)ccn1.O=C(O)C(F)(F)F.O=C(O)C(F)(F)F. The number of amides is 1. The fourth-order valence-corrected chi connectivity index (χ4v) is 4.08. The molecule has 218 valence electrons. The maximum absolute atomic E-state index is 12.9. The molecule has 1 aliphatic heterocycles. The van der Waals surface area contributed by atoms with Gasteiger partial charge in [-0.2, -0.15) is 26.3 Å². The van der Waals surface area contributed by atoms with E-state index in [0.717, 1.165) is 42.0 Å². The molecule has 4 rings (SSSR count). The highest BCUT2D eigenvalue weighted by atomic mass is 32.1. The van der Waals surface area contributed by atoms with Crippen LogP contribution in [0.4, 0.5) is 37.2 Å². The van der Waals surface area contributed by atoms with Crippen LogP contribution in [-0.2, 0) is 9.59 Å². The fraction of sp³-hybridized carbons (Fsp3) is 0.348. The lowest BCUT2D eigenvalue weighted by atomic mass is 10.2. The molecule has 3 heterocycles. The Bertz CT molecular complexity index is 1320. The van der Waals surface area contributed by atoms with Crippen LogP contribution < -0.4 is 10.6 Å². The summed E-state index contributed by atoms with van der Waals surface area (Å²) in [6.45, 7) is 5.22. The number of nitrogens with zero attached hydrogens (tertiary/aromatic N) is 4. The van der Waals surface area contributed by atoms with Gasteiger partial charge >= 0.3 is 24.3 Å². The highest BCUT2D eigenvalue weighted by Gasteiger charge is 2.38. The number of carbonyl (C=O) groups excluding carboxylic acids is 1. The summed E-state index contributed by atoms with van der Waals surface area (Å²) in [7, 11) is 0. The van der Waals surface area contributed by atoms with Gasteiger partial charge in [-0.1, -0.05) is 11.3 Å². The summed E-state index contributed by atoms with van der Waals surface area (Å²) in [5.41, 5.74) is 9.42. The van der Waals surface area contributed by atoms with Crippen molar-refractivity contribution in [1.29, 1.82) is 0 Å². The third kappa shape index (κ3) is 9.55. The molecule has 0 bridgehead atoms. The van der Waals surface area contributed by atoms with E-state index in [0.29, 0.717) is 17.2 Å². The van der Waals surface area contributed by atoms with E-state index in [1.807, 2.05) is 42.3 Å². The number of fused-ring (bicyclic) bond motifs is 1. The average Bonchev–Trinajstić information content (AvgIpc) is 3.05. The molecule has 1 saturated heterocycles. The minimum absolute atomic E-state index is 0.0613. The molecule has 1 fully saturated rings. The van der Waals surface area contributed by atoms with Gasteiger partial charge in [0.1, 0.15) is 0 Å². The molecule has 0 saturated carbocycles. The van der Waals surface area contributed by atoms with Crippen molar-refractivity contribution in [2.75, 3.05) is 36.8 Å². The standard InChI is InChI=1S/C19H21N5OS.2C2HF3O2/c1-13-11-15(5-6-21-13)23-7-2-8-24(10-9-23)18(25)14-3-4-17-16(12-14)22-19(20)26-17;2*3-2(4,5)1(6)7/h3-6,11-12H,2,7-10H2,1H3,(H2,20,22);2*(H,6,7). The molecule has 10 nitrogen and oxygen atoms in total. The Morgan fingerprint density at radius 1 is 0.925 bits per heavy atom. The molecule has 0 radical (unpaired) electrons. The number of rotatable bonds is 2. The lowest BCUT2D eigenvalue weighted by molar-refractivity contribution is -0.193. The third-order valence-electron chi connectivity index (χ3n) is 5.16. The Morgan fingerprint density at radius 3 is 2.08 bits per heavy atom. The molecule has 40 heavy (non-hydrogen) atoms. The molecule has 0 unspecified atom stereocenters. The average molecular weight is 596 g/mol. The molecule has 0 spiro atoms. The van der Waals surface area contributed by atoms with Crippen molar-refractivity contribution in [1.82, 2.24) is 14.9 Å². The number of nitrogen functional groups attached to an aromatic ring is 1. The van der Waals surface area contributed by atoms with Crippen LogP contribution in [0.15, 0.2) is 36.5 Å². The number of carboxylic acids is 2. The number of halogens is 6. The van der Waals surface area contributed by atoms with E-state index in [-0.39, 0.29) is 5.91 Å². The molecule has 17 heteroatoms. The van der Waals surface area contributed by atoms with E-state index < -0.39 is 24.3 Å². The van der Waals surface area contributed by atoms with Gasteiger partial charge in [-0.05, 0) is 43.7 Å². The zero-order chi connectivity index (χ0) is 30.3. The fourth-order valence-electron chi connectivity index (χ4n) is 3.37. The summed E-state index contributed by atoms with van der Waals surface area (Å²) >= 11 is 1.44. The maximum atomic E-state index is 12.9. The number of carboxylic acid groups (broad SMARTS) is 2. The predicted octanol–water partition coefficient (Wildman–Crippen LogP) is 4.20. The third-order valence-corrected chi connectivity index (χ3v) is 6.03. The second-order valence-corrected chi connectivity index (χ2v) is 9.19. The molecule has 2 aromatic heterocycles. The lowest BCUT2D eigenvalue weighted by Crippen LogP contribution is -2.35. The Hall–Kier alpha value is -4.15. The minimum atomic E-state index is -5.08. The molecule has 1 amide bonds. The highest BCUT2D eigenvalue weighted by molar-refractivity contribution is 7.22. The number of carbonyl (C=O) groups is 3. The highest BCUT2D eigenvalue weighted by Crippen LogP contribution is 2.25. The minimum Gasteiger partial charge on any atom is -0.475 e. The van der Waals surface area contributed by atoms with Crippen molar-refractivity contribution in [3.8, 4) is 0 Å². The molecule has 4 N–H and O–H groups in total. The van der Waals surface area contributed by atoms with E-state index in [1.165, 1.54) is 17.0 Å². The van der Waals surface area contributed by atoms with Crippen molar-refractivity contribution in [3.63, 3.8) is 0 Å². The number of thiazole rings is 1. The van der Waals surface area contributed by atoms with Crippen LogP contribution in [0.3, 0.4) is 0 Å². The number of hydrogen-bond donors (Lipinski definition) is 3. The summed E-state index contributed by atoms with van der Waals surface area (Å²) in [6.07, 6.45) is -7.38. The molecule has 1 aromatic carbocycles. The normalized spacial score (nSPS) is 13.9. The van der Waals surface area contributed by atoms with Crippen molar-refractivity contribution in [2.45, 2.75) is 25.7 Å². The first-order chi connectivity index (χ1) is 18.5. The first kappa shape index (κ1) is 32.1. The van der Waals surface area contributed by atoms with Crippen LogP contribution in [-0.4, -0.2) is 81.5 Å². The molecular formula is C23H23F6N5O5S. The van der Waals surface area contributed by atoms with Crippen LogP contribution >= 0.6 is 11.3 Å². The summed E-state index contributed by atoms with van der Waals surface area (Å²) in [4.78, 5) is 43.5. The Kier molecular flexibility index (Phi) is 10.6. The van der Waals surface area contributed by atoms with Gasteiger partial charge in [0.25, 0.3) is 5.91 Å². The molecule has 1 aliphatic rings. The van der Waals surface area contributed by atoms with E-state index in [4.69, 9.17) is 25.5 Å². The van der Waals surface area contributed by atoms with Gasteiger partial charge in [-0.15, -0.1) is 0 Å². The van der Waals surface area contributed by atoms with E-state index in [9.17, 15) is 31.1 Å². The van der Waals surface area contributed by atoms with Crippen LogP contribution in [0.5, 0.6) is 0 Å². The zero-order valence-corrected chi connectivity index (χ0v) is 21.5. The Morgan fingerprint density at radius 2 is 1.52 bits per heavy atom. The monoisotopic (exact) mass is 595 g/mol. The van der Waals surface area contributed by atoms with Gasteiger partial charge in [0.15, 0.2) is 5.13 Å². The Labute approximate surface area is 226 Å². The van der Waals surface area contributed by atoms with E-state index >= 15 is 0 Å². The molecular weight excluding hydrogens is 572 g/mol. The summed E-state index contributed by atoms with van der Waals surface area (Å²) < 4.78 is 64.5. The number of alkyl halides is 6. The van der Waals surface area contributed by atoms with Gasteiger partial charge in [0.2, 0.25) is 0 Å². The lowest BCUT2D eigenvalue weighted by Gasteiger charge is -2.24. The first-order valence-corrected chi connectivity index (χ1v) is 12.0. The van der Waals surface area contributed by atoms with Crippen LogP contribution in [0.2, 0.25) is 0 Å². The first-order valence-electron chi connectivity index (χ1n) is 11.2. The largest absolute Gasteiger partial charge is 0.490 e. The summed E-state index contributed by atoms with van der Waals surface area (Å²) in [6, 6.07) is 9.78. The van der Waals surface area contributed by atoms with Crippen molar-refractivity contribution >= 4 is 50.2 Å². The van der Waals surface area contributed by atoms with Gasteiger partial charge in [-0.3, -0.25) is 9.78 Å². The second-order valence-electron chi connectivity index (χ2n) is 8.13. The van der Waals surface area contributed by atoms with Crippen LogP contribution in [0.1, 0.15) is 22.5 Å². The summed E-state index contributed by atoms with van der Waals surface area (Å²) in [5, 5.41) is 14.8. The topological polar surface area (TPSA) is 150 Å². The molecule has 0 aliphatic carbocycles. The van der Waals surface area contributed by atoms with E-state index in [2.05, 4.69) is 20.9 Å². The van der Waals surface area contributed by atoms with Crippen molar-refractivity contribution < 1.29 is 50.9 Å². The van der Waals surface area contributed by atoms with Crippen molar-refractivity contribution in [3.05, 3.63) is 47.8 Å².